The Hall–Kier alpha value is -2.00. The fraction of sp³-hybridized carbons (Fsp3) is 0.222. The van der Waals surface area contributed by atoms with Gasteiger partial charge >= 0.3 is 0 Å². The number of benzene rings is 2. The molecule has 154 valence electrons. The summed E-state index contributed by atoms with van der Waals surface area (Å²) in [5, 5.41) is 3.45. The topological polar surface area (TPSA) is 92.8 Å². The third-order valence-corrected chi connectivity index (χ3v) is 6.83. The van der Waals surface area contributed by atoms with Gasteiger partial charge in [0.05, 0.1) is 22.2 Å². The molecule has 0 saturated heterocycles. The van der Waals surface area contributed by atoms with E-state index in [2.05, 4.69) is 5.32 Å². The summed E-state index contributed by atoms with van der Waals surface area (Å²) in [7, 11) is -3.94. The van der Waals surface area contributed by atoms with E-state index < -0.39 is 21.8 Å². The van der Waals surface area contributed by atoms with Crippen LogP contribution >= 0.6 is 34.8 Å². The van der Waals surface area contributed by atoms with Gasteiger partial charge in [0, 0.05) is 17.1 Å². The van der Waals surface area contributed by atoms with Crippen molar-refractivity contribution in [1.82, 2.24) is 9.62 Å². The van der Waals surface area contributed by atoms with Gasteiger partial charge in [-0.2, -0.15) is 0 Å². The van der Waals surface area contributed by atoms with Crippen LogP contribution < -0.4 is 10.1 Å². The summed E-state index contributed by atoms with van der Waals surface area (Å²) in [5.74, 6) is -0.865. The van der Waals surface area contributed by atoms with Crippen molar-refractivity contribution in [3.8, 4) is 5.75 Å². The van der Waals surface area contributed by atoms with Gasteiger partial charge in [0.2, 0.25) is 0 Å². The predicted molar refractivity (Wildman–Crippen MR) is 110 cm³/mol. The Morgan fingerprint density at radius 1 is 1.14 bits per heavy atom. The maximum Gasteiger partial charge on any atom is 0.268 e. The Morgan fingerprint density at radius 2 is 1.79 bits per heavy atom. The third kappa shape index (κ3) is 4.16. The molecule has 2 amide bonds. The molecule has 3 rings (SSSR count). The van der Waals surface area contributed by atoms with Gasteiger partial charge in [0.15, 0.2) is 5.75 Å². The van der Waals surface area contributed by atoms with Crippen LogP contribution in [0.5, 0.6) is 5.75 Å². The number of hydrogen-bond acceptors (Lipinski definition) is 5. The number of sulfonamides is 1. The monoisotopic (exact) mass is 476 g/mol. The molecule has 0 unspecified atom stereocenters. The minimum absolute atomic E-state index is 0.0184. The van der Waals surface area contributed by atoms with Crippen LogP contribution in [0.3, 0.4) is 0 Å². The molecule has 7 nitrogen and oxygen atoms in total. The van der Waals surface area contributed by atoms with Crippen molar-refractivity contribution in [3.05, 3.63) is 56.5 Å². The zero-order chi connectivity index (χ0) is 21.3. The Labute approximate surface area is 182 Å². The van der Waals surface area contributed by atoms with Crippen LogP contribution in [0.25, 0.3) is 0 Å². The lowest BCUT2D eigenvalue weighted by molar-refractivity contribution is 0.0874. The largest absolute Gasteiger partial charge is 0.489 e. The summed E-state index contributed by atoms with van der Waals surface area (Å²) in [6.07, 6.45) is 0. The van der Waals surface area contributed by atoms with Crippen LogP contribution in [0, 0.1) is 0 Å². The number of ether oxygens (including phenoxy) is 1. The first-order valence-electron chi connectivity index (χ1n) is 8.43. The summed E-state index contributed by atoms with van der Waals surface area (Å²) in [5.41, 5.74) is 0.166. The second kappa shape index (κ2) is 8.39. The van der Waals surface area contributed by atoms with Crippen LogP contribution in [-0.4, -0.2) is 44.2 Å². The minimum Gasteiger partial charge on any atom is -0.489 e. The van der Waals surface area contributed by atoms with E-state index in [-0.39, 0.29) is 51.5 Å². The van der Waals surface area contributed by atoms with Crippen LogP contribution in [0.4, 0.5) is 0 Å². The highest BCUT2D eigenvalue weighted by molar-refractivity contribution is 7.90. The number of carbonyl (C=O) groups is 2. The standard InChI is InChI=1S/C18H15Cl3N2O5S/c1-2-23-18(25)12-4-3-10(7-15(12)29(23,26)27)17(24)22-5-6-28-16-13(20)8-11(19)9-14(16)21/h3-4,7-9H,2,5-6H2,1H3,(H,22,24). The molecule has 0 radical (unpaired) electrons. The predicted octanol–water partition coefficient (Wildman–Crippen LogP) is 3.62. The van der Waals surface area contributed by atoms with Gasteiger partial charge in [-0.05, 0) is 37.3 Å². The average Bonchev–Trinajstić information content (AvgIpc) is 2.85. The second-order valence-corrected chi connectivity index (χ2v) is 9.07. The van der Waals surface area contributed by atoms with Gasteiger partial charge in [-0.3, -0.25) is 9.59 Å². The molecule has 0 aliphatic carbocycles. The summed E-state index contributed by atoms with van der Waals surface area (Å²) < 4.78 is 31.1. The summed E-state index contributed by atoms with van der Waals surface area (Å²) in [6, 6.07) is 6.89. The van der Waals surface area contributed by atoms with Crippen molar-refractivity contribution in [2.24, 2.45) is 0 Å². The number of fused-ring (bicyclic) bond motifs is 1. The highest BCUT2D eigenvalue weighted by Crippen LogP contribution is 2.35. The second-order valence-electron chi connectivity index (χ2n) is 5.99. The molecule has 1 aliphatic rings. The Bertz CT molecular complexity index is 1080. The lowest BCUT2D eigenvalue weighted by Gasteiger charge is -2.11. The maximum absolute atomic E-state index is 12.4. The fourth-order valence-electron chi connectivity index (χ4n) is 2.82. The first-order chi connectivity index (χ1) is 13.7. The van der Waals surface area contributed by atoms with Crippen LogP contribution in [0.15, 0.2) is 35.2 Å². The van der Waals surface area contributed by atoms with Crippen molar-refractivity contribution in [2.75, 3.05) is 19.7 Å². The molecular formula is C18H15Cl3N2O5S. The molecular weight excluding hydrogens is 463 g/mol. The lowest BCUT2D eigenvalue weighted by atomic mass is 10.1. The minimum atomic E-state index is -3.94. The first-order valence-corrected chi connectivity index (χ1v) is 11.0. The van der Waals surface area contributed by atoms with Gasteiger partial charge in [0.25, 0.3) is 21.8 Å². The molecule has 0 bridgehead atoms. The van der Waals surface area contributed by atoms with Gasteiger partial charge in [0.1, 0.15) is 11.5 Å². The van der Waals surface area contributed by atoms with Gasteiger partial charge in [-0.15, -0.1) is 0 Å². The first kappa shape index (κ1) is 21.7. The lowest BCUT2D eigenvalue weighted by Crippen LogP contribution is -2.29. The molecule has 1 aliphatic heterocycles. The number of carbonyl (C=O) groups excluding carboxylic acids is 2. The quantitative estimate of drug-likeness (QED) is 0.642. The molecule has 2 aromatic rings. The van der Waals surface area contributed by atoms with Crippen molar-refractivity contribution in [2.45, 2.75) is 11.8 Å². The zero-order valence-electron chi connectivity index (χ0n) is 15.0. The smallest absolute Gasteiger partial charge is 0.268 e. The van der Waals surface area contributed by atoms with E-state index in [0.29, 0.717) is 5.02 Å². The van der Waals surface area contributed by atoms with Gasteiger partial charge in [-0.1, -0.05) is 34.8 Å². The molecule has 0 aromatic heterocycles. The van der Waals surface area contributed by atoms with Crippen molar-refractivity contribution in [3.63, 3.8) is 0 Å². The van der Waals surface area contributed by atoms with E-state index in [0.717, 1.165) is 4.31 Å². The molecule has 1 N–H and O–H groups in total. The molecule has 0 fully saturated rings. The van der Waals surface area contributed by atoms with Crippen LogP contribution in [-0.2, 0) is 10.0 Å². The molecule has 11 heteroatoms. The summed E-state index contributed by atoms with van der Waals surface area (Å²) in [6.45, 7) is 1.76. The Morgan fingerprint density at radius 3 is 2.41 bits per heavy atom. The summed E-state index contributed by atoms with van der Waals surface area (Å²) in [4.78, 5) is 24.3. The number of rotatable bonds is 6. The molecule has 0 spiro atoms. The van der Waals surface area contributed by atoms with E-state index >= 15 is 0 Å². The molecule has 2 aromatic carbocycles. The molecule has 0 saturated carbocycles. The highest BCUT2D eigenvalue weighted by atomic mass is 35.5. The maximum atomic E-state index is 12.4. The van der Waals surface area contributed by atoms with Gasteiger partial charge < -0.3 is 10.1 Å². The van der Waals surface area contributed by atoms with Crippen molar-refractivity contribution in [1.29, 1.82) is 0 Å². The number of hydrogen-bond donors (Lipinski definition) is 1. The third-order valence-electron chi connectivity index (χ3n) is 4.15. The molecule has 0 atom stereocenters. The Kier molecular flexibility index (Phi) is 6.28. The van der Waals surface area contributed by atoms with E-state index in [1.807, 2.05) is 0 Å². The average molecular weight is 478 g/mol. The molecule has 1 heterocycles. The van der Waals surface area contributed by atoms with E-state index in [9.17, 15) is 18.0 Å². The van der Waals surface area contributed by atoms with E-state index in [4.69, 9.17) is 39.5 Å². The van der Waals surface area contributed by atoms with Crippen LogP contribution in [0.2, 0.25) is 15.1 Å². The van der Waals surface area contributed by atoms with E-state index in [1.54, 1.807) is 6.92 Å². The molecule has 29 heavy (non-hydrogen) atoms. The van der Waals surface area contributed by atoms with Gasteiger partial charge in [-0.25, -0.2) is 12.7 Å². The fourth-order valence-corrected chi connectivity index (χ4v) is 5.35. The normalized spacial score (nSPS) is 14.6. The van der Waals surface area contributed by atoms with Crippen LogP contribution in [0.1, 0.15) is 27.6 Å². The van der Waals surface area contributed by atoms with E-state index in [1.165, 1.54) is 30.3 Å². The SMILES string of the molecule is CCN1C(=O)c2ccc(C(=O)NCCOc3c(Cl)cc(Cl)cc3Cl)cc2S1(=O)=O. The Balaban J connectivity index is 1.65. The summed E-state index contributed by atoms with van der Waals surface area (Å²) >= 11 is 17.9. The van der Waals surface area contributed by atoms with Crippen molar-refractivity contribution < 1.29 is 22.7 Å². The number of halogens is 3. The number of amides is 2. The number of nitrogens with zero attached hydrogens (tertiary/aromatic N) is 1. The highest BCUT2D eigenvalue weighted by Gasteiger charge is 2.40. The van der Waals surface area contributed by atoms with Crippen molar-refractivity contribution >= 4 is 56.6 Å². The zero-order valence-corrected chi connectivity index (χ0v) is 18.1. The number of nitrogens with one attached hydrogen (secondary N) is 1.